The molecule has 0 bridgehead atoms. The van der Waals surface area contributed by atoms with Crippen LogP contribution in [-0.4, -0.2) is 32.8 Å². The Morgan fingerprint density at radius 3 is 2.86 bits per heavy atom. The Morgan fingerprint density at radius 1 is 1.29 bits per heavy atom. The monoisotopic (exact) mass is 292 g/mol. The molecule has 0 radical (unpaired) electrons. The van der Waals surface area contributed by atoms with E-state index in [2.05, 4.69) is 45.8 Å². The van der Waals surface area contributed by atoms with Gasteiger partial charge in [-0.3, -0.25) is 4.99 Å². The minimum atomic E-state index is -0.0437. The topological polar surface area (TPSA) is 81.1 Å². The summed E-state index contributed by atoms with van der Waals surface area (Å²) in [5.74, 6) is 2.77. The molecular formula is C15H28N6. The number of nitrogens with zero attached hydrogens (tertiary/aromatic N) is 4. The molecule has 0 aliphatic carbocycles. The quantitative estimate of drug-likeness (QED) is 0.502. The predicted molar refractivity (Wildman–Crippen MR) is 85.3 cm³/mol. The normalized spacial score (nSPS) is 16.4. The van der Waals surface area contributed by atoms with E-state index in [9.17, 15) is 0 Å². The third-order valence-corrected chi connectivity index (χ3v) is 3.53. The van der Waals surface area contributed by atoms with Gasteiger partial charge in [0.05, 0.1) is 0 Å². The Labute approximate surface area is 127 Å². The third-order valence-electron chi connectivity index (χ3n) is 3.53. The lowest BCUT2D eigenvalue weighted by atomic mass is 10.1. The fraction of sp³-hybridized carbons (Fsp3) is 0.800. The molecule has 118 valence electrons. The Bertz CT molecular complexity index is 483. The van der Waals surface area contributed by atoms with Crippen LogP contribution >= 0.6 is 0 Å². The van der Waals surface area contributed by atoms with Crippen molar-refractivity contribution in [3.05, 3.63) is 11.6 Å². The second-order valence-corrected chi connectivity index (χ2v) is 6.74. The molecular weight excluding hydrogens is 264 g/mol. The van der Waals surface area contributed by atoms with Gasteiger partial charge in [0.25, 0.3) is 0 Å². The zero-order chi connectivity index (χ0) is 15.3. The molecule has 0 spiro atoms. The first-order chi connectivity index (χ1) is 9.96. The van der Waals surface area contributed by atoms with Gasteiger partial charge in [0.2, 0.25) is 0 Å². The average Bonchev–Trinajstić information content (AvgIpc) is 2.61. The van der Waals surface area contributed by atoms with Crippen molar-refractivity contribution in [2.24, 2.45) is 10.7 Å². The van der Waals surface area contributed by atoms with Crippen molar-refractivity contribution in [3.8, 4) is 0 Å². The summed E-state index contributed by atoms with van der Waals surface area (Å²) in [5, 5.41) is 11.8. The third kappa shape index (κ3) is 5.02. The number of rotatable bonds is 4. The van der Waals surface area contributed by atoms with Crippen molar-refractivity contribution in [1.29, 1.82) is 0 Å². The van der Waals surface area contributed by atoms with Crippen molar-refractivity contribution in [1.82, 2.24) is 20.1 Å². The number of fused-ring (bicyclic) bond motifs is 1. The number of hydrogen-bond donors (Lipinski definition) is 2. The van der Waals surface area contributed by atoms with Crippen molar-refractivity contribution < 1.29 is 0 Å². The molecule has 6 heteroatoms. The van der Waals surface area contributed by atoms with Gasteiger partial charge in [0.1, 0.15) is 11.6 Å². The minimum absolute atomic E-state index is 0.0437. The van der Waals surface area contributed by atoms with Gasteiger partial charge in [0.15, 0.2) is 5.96 Å². The molecule has 0 unspecified atom stereocenters. The summed E-state index contributed by atoms with van der Waals surface area (Å²) in [6, 6.07) is 0. The molecule has 0 saturated heterocycles. The van der Waals surface area contributed by atoms with Crippen LogP contribution in [0.1, 0.15) is 58.1 Å². The molecule has 3 N–H and O–H groups in total. The lowest BCUT2D eigenvalue weighted by molar-refractivity contribution is 0.508. The Morgan fingerprint density at radius 2 is 2.10 bits per heavy atom. The number of nitrogens with one attached hydrogen (secondary N) is 1. The maximum Gasteiger partial charge on any atom is 0.188 e. The van der Waals surface area contributed by atoms with Crippen LogP contribution in [0.2, 0.25) is 0 Å². The Kier molecular flexibility index (Phi) is 5.20. The van der Waals surface area contributed by atoms with E-state index < -0.39 is 0 Å². The van der Waals surface area contributed by atoms with Crippen LogP contribution in [-0.2, 0) is 19.4 Å². The van der Waals surface area contributed by atoms with Gasteiger partial charge in [-0.25, -0.2) is 0 Å². The van der Waals surface area contributed by atoms with Crippen LogP contribution < -0.4 is 11.1 Å². The van der Waals surface area contributed by atoms with Gasteiger partial charge in [0, 0.05) is 31.5 Å². The highest BCUT2D eigenvalue weighted by molar-refractivity contribution is 5.78. The summed E-state index contributed by atoms with van der Waals surface area (Å²) in [4.78, 5) is 4.37. The van der Waals surface area contributed by atoms with Gasteiger partial charge < -0.3 is 15.6 Å². The van der Waals surface area contributed by atoms with E-state index in [0.29, 0.717) is 5.96 Å². The lowest BCUT2D eigenvalue weighted by Gasteiger charge is -2.20. The Hall–Kier alpha value is -1.59. The number of aryl methyl sites for hydroxylation is 2. The van der Waals surface area contributed by atoms with Crippen LogP contribution in [0.4, 0.5) is 0 Å². The number of guanidine groups is 1. The summed E-state index contributed by atoms with van der Waals surface area (Å²) in [5.41, 5.74) is 5.81. The maximum absolute atomic E-state index is 5.86. The summed E-state index contributed by atoms with van der Waals surface area (Å²) < 4.78 is 2.30. The standard InChI is InChI=1S/C15H28N6/c1-15(2,3)18-14(16)17-10-7-9-13-20-19-12-8-5-4-6-11-21(12)13/h4-11H2,1-3H3,(H3,16,17,18). The lowest BCUT2D eigenvalue weighted by Crippen LogP contribution is -2.45. The molecule has 2 heterocycles. The van der Waals surface area contributed by atoms with Gasteiger partial charge in [-0.1, -0.05) is 6.42 Å². The van der Waals surface area contributed by atoms with Crippen LogP contribution in [0.15, 0.2) is 4.99 Å². The van der Waals surface area contributed by atoms with Gasteiger partial charge in [-0.05, 0) is 40.0 Å². The fourth-order valence-electron chi connectivity index (χ4n) is 2.59. The van der Waals surface area contributed by atoms with E-state index in [4.69, 9.17) is 5.73 Å². The number of aromatic nitrogens is 3. The molecule has 0 fully saturated rings. The predicted octanol–water partition coefficient (Wildman–Crippen LogP) is 1.64. The SMILES string of the molecule is CC(C)(C)NC(N)=NCCCc1nnc2n1CCCCC2. The van der Waals surface area contributed by atoms with E-state index in [1.165, 1.54) is 19.3 Å². The second-order valence-electron chi connectivity index (χ2n) is 6.74. The maximum atomic E-state index is 5.86. The first kappa shape index (κ1) is 15.8. The molecule has 6 nitrogen and oxygen atoms in total. The number of nitrogens with two attached hydrogens (primary N) is 1. The number of aliphatic imine (C=N–C) groups is 1. The average molecular weight is 292 g/mol. The molecule has 2 rings (SSSR count). The first-order valence-electron chi connectivity index (χ1n) is 7.95. The highest BCUT2D eigenvalue weighted by Gasteiger charge is 2.14. The summed E-state index contributed by atoms with van der Waals surface area (Å²) >= 11 is 0. The zero-order valence-corrected chi connectivity index (χ0v) is 13.5. The molecule has 0 amide bonds. The van der Waals surface area contributed by atoms with Crippen LogP contribution in [0.25, 0.3) is 0 Å². The smallest absolute Gasteiger partial charge is 0.188 e. The van der Waals surface area contributed by atoms with E-state index in [-0.39, 0.29) is 5.54 Å². The first-order valence-corrected chi connectivity index (χ1v) is 7.95. The molecule has 0 aromatic carbocycles. The van der Waals surface area contributed by atoms with Crippen molar-refractivity contribution >= 4 is 5.96 Å². The zero-order valence-electron chi connectivity index (χ0n) is 13.5. The van der Waals surface area contributed by atoms with Crippen LogP contribution in [0, 0.1) is 0 Å². The van der Waals surface area contributed by atoms with Gasteiger partial charge in [-0.15, -0.1) is 10.2 Å². The Balaban J connectivity index is 1.81. The molecule has 1 aliphatic rings. The van der Waals surface area contributed by atoms with Crippen molar-refractivity contribution in [2.45, 2.75) is 71.4 Å². The van der Waals surface area contributed by atoms with Crippen LogP contribution in [0.3, 0.4) is 0 Å². The highest BCUT2D eigenvalue weighted by Crippen LogP contribution is 2.15. The molecule has 1 aromatic heterocycles. The van der Waals surface area contributed by atoms with E-state index in [0.717, 1.165) is 44.0 Å². The van der Waals surface area contributed by atoms with Gasteiger partial charge >= 0.3 is 0 Å². The highest BCUT2D eigenvalue weighted by atomic mass is 15.3. The van der Waals surface area contributed by atoms with Crippen molar-refractivity contribution in [3.63, 3.8) is 0 Å². The molecule has 1 aromatic rings. The van der Waals surface area contributed by atoms with Crippen LogP contribution in [0.5, 0.6) is 0 Å². The fourth-order valence-corrected chi connectivity index (χ4v) is 2.59. The van der Waals surface area contributed by atoms with Crippen molar-refractivity contribution in [2.75, 3.05) is 6.54 Å². The van der Waals surface area contributed by atoms with E-state index in [1.807, 2.05) is 0 Å². The van der Waals surface area contributed by atoms with E-state index in [1.54, 1.807) is 0 Å². The second kappa shape index (κ2) is 6.91. The minimum Gasteiger partial charge on any atom is -0.370 e. The molecule has 0 saturated carbocycles. The summed E-state index contributed by atoms with van der Waals surface area (Å²) in [7, 11) is 0. The summed E-state index contributed by atoms with van der Waals surface area (Å²) in [6.07, 6.45) is 6.69. The molecule has 1 aliphatic heterocycles. The molecule has 21 heavy (non-hydrogen) atoms. The summed E-state index contributed by atoms with van der Waals surface area (Å²) in [6.45, 7) is 7.99. The largest absolute Gasteiger partial charge is 0.370 e. The molecule has 0 atom stereocenters. The van der Waals surface area contributed by atoms with E-state index >= 15 is 0 Å². The van der Waals surface area contributed by atoms with Gasteiger partial charge in [-0.2, -0.15) is 0 Å². The number of hydrogen-bond acceptors (Lipinski definition) is 3.